The van der Waals surface area contributed by atoms with E-state index < -0.39 is 9.89 Å². The molecule has 0 aliphatic carbocycles. The Balaban J connectivity index is 1.98. The number of halogens is 3. The van der Waals surface area contributed by atoms with Gasteiger partial charge in [-0.25, -0.2) is 4.79 Å². The van der Waals surface area contributed by atoms with Crippen LogP contribution in [0.25, 0.3) is 0 Å². The molecule has 1 fully saturated rings. The van der Waals surface area contributed by atoms with Crippen molar-refractivity contribution < 1.29 is 9.53 Å². The van der Waals surface area contributed by atoms with Crippen LogP contribution in [0.5, 0.6) is 0 Å². The molecule has 1 amide bonds. The van der Waals surface area contributed by atoms with Gasteiger partial charge in [-0.05, 0) is 17.0 Å². The number of hydrogen-bond acceptors (Lipinski definition) is 3. The van der Waals surface area contributed by atoms with Gasteiger partial charge in [-0.3, -0.25) is 0 Å². The van der Waals surface area contributed by atoms with Crippen molar-refractivity contribution in [2.75, 3.05) is 37.7 Å². The highest BCUT2D eigenvalue weighted by molar-refractivity contribution is 6.67. The number of piperazine rings is 1. The molecule has 1 aliphatic rings. The maximum atomic E-state index is 12.0. The third-order valence-electron chi connectivity index (χ3n) is 3.95. The number of para-hydroxylation sites is 1. The lowest BCUT2D eigenvalue weighted by atomic mass is 9.85. The van der Waals surface area contributed by atoms with Crippen LogP contribution in [0.15, 0.2) is 24.3 Å². The van der Waals surface area contributed by atoms with Crippen LogP contribution >= 0.6 is 34.8 Å². The first-order valence-electron chi connectivity index (χ1n) is 7.91. The van der Waals surface area contributed by atoms with Crippen molar-refractivity contribution in [3.8, 4) is 0 Å². The molecule has 1 aromatic carbocycles. The van der Waals surface area contributed by atoms with Crippen molar-refractivity contribution in [2.45, 2.75) is 30.0 Å². The Hall–Kier alpha value is -0.840. The van der Waals surface area contributed by atoms with E-state index in [4.69, 9.17) is 39.5 Å². The second kappa shape index (κ2) is 7.59. The largest absolute Gasteiger partial charge is 0.445 e. The predicted octanol–water partition coefficient (Wildman–Crippen LogP) is 4.61. The van der Waals surface area contributed by atoms with Crippen LogP contribution in [-0.4, -0.2) is 47.6 Å². The first-order chi connectivity index (χ1) is 11.1. The molecule has 2 rings (SSSR count). The van der Waals surface area contributed by atoms with Gasteiger partial charge >= 0.3 is 6.09 Å². The Morgan fingerprint density at radius 1 is 1.08 bits per heavy atom. The molecule has 0 saturated carbocycles. The van der Waals surface area contributed by atoms with Crippen LogP contribution in [0.3, 0.4) is 0 Å². The van der Waals surface area contributed by atoms with E-state index in [1.807, 2.05) is 6.07 Å². The van der Waals surface area contributed by atoms with Crippen molar-refractivity contribution in [1.82, 2.24) is 4.90 Å². The lowest BCUT2D eigenvalue weighted by molar-refractivity contribution is 0.102. The number of alkyl halides is 3. The molecule has 0 bridgehead atoms. The van der Waals surface area contributed by atoms with Gasteiger partial charge in [0.1, 0.15) is 6.61 Å². The van der Waals surface area contributed by atoms with Gasteiger partial charge in [-0.2, -0.15) is 0 Å². The average Bonchev–Trinajstić information content (AvgIpc) is 2.51. The van der Waals surface area contributed by atoms with Gasteiger partial charge in [0, 0.05) is 31.9 Å². The number of ether oxygens (including phenoxy) is 1. The van der Waals surface area contributed by atoms with E-state index in [1.165, 1.54) is 11.3 Å². The normalized spacial score (nSPS) is 16.2. The highest BCUT2D eigenvalue weighted by Gasteiger charge is 2.28. The smallest absolute Gasteiger partial charge is 0.410 e. The standard InChI is InChI=1S/C17H23Cl3N2O2/c1-16(2,3)13-6-4-5-7-14(13)21-8-10-22(11-9-21)15(23)24-12-17(18,19)20/h4-7H,8-12H2,1-3H3. The third-order valence-corrected chi connectivity index (χ3v) is 4.28. The summed E-state index contributed by atoms with van der Waals surface area (Å²) < 4.78 is 3.46. The van der Waals surface area contributed by atoms with Crippen LogP contribution in [0, 0.1) is 0 Å². The van der Waals surface area contributed by atoms with Crippen molar-refractivity contribution in [2.24, 2.45) is 0 Å². The van der Waals surface area contributed by atoms with Gasteiger partial charge in [-0.1, -0.05) is 73.8 Å². The number of carbonyl (C=O) groups is 1. The summed E-state index contributed by atoms with van der Waals surface area (Å²) in [5, 5.41) is 0. The first-order valence-corrected chi connectivity index (χ1v) is 9.04. The molecule has 7 heteroatoms. The summed E-state index contributed by atoms with van der Waals surface area (Å²) in [7, 11) is 0. The van der Waals surface area contributed by atoms with E-state index in [1.54, 1.807) is 4.90 Å². The van der Waals surface area contributed by atoms with Crippen molar-refractivity contribution in [3.05, 3.63) is 29.8 Å². The number of anilines is 1. The van der Waals surface area contributed by atoms with Gasteiger partial charge < -0.3 is 14.5 Å². The number of nitrogens with zero attached hydrogens (tertiary/aromatic N) is 2. The van der Waals surface area contributed by atoms with E-state index in [0.717, 1.165) is 13.1 Å². The van der Waals surface area contributed by atoms with Gasteiger partial charge in [0.25, 0.3) is 0 Å². The fourth-order valence-electron chi connectivity index (χ4n) is 2.75. The molecule has 0 spiro atoms. The maximum Gasteiger partial charge on any atom is 0.410 e. The molecule has 0 atom stereocenters. The molecule has 1 heterocycles. The minimum atomic E-state index is -1.58. The zero-order valence-corrected chi connectivity index (χ0v) is 16.5. The summed E-state index contributed by atoms with van der Waals surface area (Å²) in [6, 6.07) is 8.41. The highest BCUT2D eigenvalue weighted by atomic mass is 35.6. The molecule has 0 aromatic heterocycles. The summed E-state index contributed by atoms with van der Waals surface area (Å²) in [4.78, 5) is 16.0. The van der Waals surface area contributed by atoms with Crippen molar-refractivity contribution >= 4 is 46.6 Å². The lowest BCUT2D eigenvalue weighted by Crippen LogP contribution is -2.49. The maximum absolute atomic E-state index is 12.0. The molecule has 0 N–H and O–H groups in total. The number of rotatable bonds is 2. The van der Waals surface area contributed by atoms with Gasteiger partial charge in [0.2, 0.25) is 3.79 Å². The molecule has 1 aromatic rings. The number of hydrogen-bond donors (Lipinski definition) is 0. The van der Waals surface area contributed by atoms with E-state index in [0.29, 0.717) is 13.1 Å². The SMILES string of the molecule is CC(C)(C)c1ccccc1N1CCN(C(=O)OCC(Cl)(Cl)Cl)CC1. The summed E-state index contributed by atoms with van der Waals surface area (Å²) in [6.45, 7) is 9.02. The lowest BCUT2D eigenvalue weighted by Gasteiger charge is -2.38. The quantitative estimate of drug-likeness (QED) is 0.688. The second-order valence-corrected chi connectivity index (χ2v) is 9.43. The Kier molecular flexibility index (Phi) is 6.16. The molecule has 134 valence electrons. The van der Waals surface area contributed by atoms with Gasteiger partial charge in [0.15, 0.2) is 0 Å². The molecular weight excluding hydrogens is 371 g/mol. The molecule has 1 saturated heterocycles. The number of carbonyl (C=O) groups excluding carboxylic acids is 1. The molecule has 4 nitrogen and oxygen atoms in total. The molecule has 1 aliphatic heterocycles. The first kappa shape index (κ1) is 19.5. The third kappa shape index (κ3) is 5.33. The predicted molar refractivity (Wildman–Crippen MR) is 101 cm³/mol. The van der Waals surface area contributed by atoms with Crippen LogP contribution < -0.4 is 4.90 Å². The van der Waals surface area contributed by atoms with Crippen LogP contribution in [0.1, 0.15) is 26.3 Å². The Bertz CT molecular complexity index is 574. The molecule has 24 heavy (non-hydrogen) atoms. The number of amides is 1. The Morgan fingerprint density at radius 3 is 2.21 bits per heavy atom. The van der Waals surface area contributed by atoms with Crippen LogP contribution in [0.4, 0.5) is 10.5 Å². The zero-order valence-electron chi connectivity index (χ0n) is 14.2. The van der Waals surface area contributed by atoms with E-state index in [9.17, 15) is 4.79 Å². The Labute approximate surface area is 158 Å². The minimum absolute atomic E-state index is 0.0665. The van der Waals surface area contributed by atoms with Crippen LogP contribution in [0.2, 0.25) is 0 Å². The monoisotopic (exact) mass is 392 g/mol. The van der Waals surface area contributed by atoms with Crippen molar-refractivity contribution in [1.29, 1.82) is 0 Å². The fraction of sp³-hybridized carbons (Fsp3) is 0.588. The fourth-order valence-corrected chi connectivity index (χ4v) is 2.91. The van der Waals surface area contributed by atoms with E-state index in [-0.39, 0.29) is 12.0 Å². The zero-order chi connectivity index (χ0) is 18.0. The molecule has 0 unspecified atom stereocenters. The summed E-state index contributed by atoms with van der Waals surface area (Å²) >= 11 is 16.8. The summed E-state index contributed by atoms with van der Waals surface area (Å²) in [5.74, 6) is 0. The molecule has 0 radical (unpaired) electrons. The number of benzene rings is 1. The van der Waals surface area contributed by atoms with E-state index >= 15 is 0 Å². The highest BCUT2D eigenvalue weighted by Crippen LogP contribution is 2.32. The Morgan fingerprint density at radius 2 is 1.67 bits per heavy atom. The summed E-state index contributed by atoms with van der Waals surface area (Å²) in [6.07, 6.45) is -0.440. The van der Waals surface area contributed by atoms with E-state index in [2.05, 4.69) is 43.9 Å². The molecular formula is C17H23Cl3N2O2. The minimum Gasteiger partial charge on any atom is -0.445 e. The average molecular weight is 394 g/mol. The second-order valence-electron chi connectivity index (χ2n) is 6.91. The summed E-state index contributed by atoms with van der Waals surface area (Å²) in [5.41, 5.74) is 2.59. The topological polar surface area (TPSA) is 32.8 Å². The van der Waals surface area contributed by atoms with Crippen molar-refractivity contribution in [3.63, 3.8) is 0 Å². The van der Waals surface area contributed by atoms with Gasteiger partial charge in [0.05, 0.1) is 0 Å². The van der Waals surface area contributed by atoms with Gasteiger partial charge in [-0.15, -0.1) is 0 Å². The van der Waals surface area contributed by atoms with Crippen LogP contribution in [-0.2, 0) is 10.2 Å².